The van der Waals surface area contributed by atoms with E-state index >= 15 is 0 Å². The molecule has 0 unspecified atom stereocenters. The summed E-state index contributed by atoms with van der Waals surface area (Å²) in [7, 11) is 0. The summed E-state index contributed by atoms with van der Waals surface area (Å²) in [6.07, 6.45) is 3.40. The lowest BCUT2D eigenvalue weighted by Gasteiger charge is -2.13. The molecule has 0 radical (unpaired) electrons. The highest BCUT2D eigenvalue weighted by atomic mass is 15.1. The Balaban J connectivity index is 1.48. The number of rotatable bonds is 4. The van der Waals surface area contributed by atoms with E-state index in [1.54, 1.807) is 12.5 Å². The Morgan fingerprint density at radius 2 is 1.02 bits per heavy atom. The van der Waals surface area contributed by atoms with Gasteiger partial charge in [-0.05, 0) is 18.2 Å². The molecular weight excluding hydrogens is 540 g/mol. The third kappa shape index (κ3) is 3.68. The molecule has 0 saturated carbocycles. The normalized spacial score (nSPS) is 11.6. The van der Waals surface area contributed by atoms with Crippen LogP contribution in [-0.2, 0) is 0 Å². The lowest BCUT2D eigenvalue weighted by atomic mass is 10.1. The van der Waals surface area contributed by atoms with Crippen LogP contribution in [0.15, 0.2) is 146 Å². The molecule has 9 aromatic rings. The first-order valence-corrected chi connectivity index (χ1v) is 14.6. The molecule has 0 amide bonds. The molecule has 6 nitrogen and oxygen atoms in total. The Morgan fingerprint density at radius 1 is 0.455 bits per heavy atom. The van der Waals surface area contributed by atoms with Crippen molar-refractivity contribution in [3.05, 3.63) is 146 Å². The van der Waals surface area contributed by atoms with Crippen LogP contribution < -0.4 is 0 Å². The van der Waals surface area contributed by atoms with E-state index in [4.69, 9.17) is 15.0 Å². The van der Waals surface area contributed by atoms with Crippen LogP contribution in [0.25, 0.3) is 77.9 Å². The minimum atomic E-state index is 0.677. The number of nitrogens with zero attached hydrogens (tertiary/aromatic N) is 6. The Bertz CT molecular complexity index is 2420. The van der Waals surface area contributed by atoms with Gasteiger partial charge < -0.3 is 0 Å². The molecule has 0 bridgehead atoms. The van der Waals surface area contributed by atoms with Crippen molar-refractivity contribution in [3.8, 4) is 34.3 Å². The topological polar surface area (TPSA) is 61.4 Å². The lowest BCUT2D eigenvalue weighted by molar-refractivity contribution is 1.02. The van der Waals surface area contributed by atoms with E-state index in [0.717, 1.165) is 72.1 Å². The van der Waals surface area contributed by atoms with Crippen molar-refractivity contribution in [2.24, 2.45) is 0 Å². The molecule has 44 heavy (non-hydrogen) atoms. The fraction of sp³-hybridized carbons (Fsp3) is 0. The number of para-hydroxylation sites is 2. The summed E-state index contributed by atoms with van der Waals surface area (Å²) in [6.45, 7) is 0. The molecule has 4 heterocycles. The second kappa shape index (κ2) is 9.71. The molecule has 9 rings (SSSR count). The van der Waals surface area contributed by atoms with Crippen LogP contribution in [0.2, 0.25) is 0 Å². The second-order valence-corrected chi connectivity index (χ2v) is 10.8. The van der Waals surface area contributed by atoms with Gasteiger partial charge in [-0.2, -0.15) is 0 Å². The van der Waals surface area contributed by atoms with Crippen molar-refractivity contribution < 1.29 is 0 Å². The Morgan fingerprint density at radius 3 is 1.64 bits per heavy atom. The number of fused-ring (bicyclic) bond motifs is 7. The summed E-state index contributed by atoms with van der Waals surface area (Å²) < 4.78 is 4.55. The molecule has 6 heteroatoms. The predicted molar refractivity (Wildman–Crippen MR) is 177 cm³/mol. The summed E-state index contributed by atoms with van der Waals surface area (Å²) >= 11 is 0. The molecule has 0 spiro atoms. The van der Waals surface area contributed by atoms with Gasteiger partial charge in [-0.25, -0.2) is 19.9 Å². The van der Waals surface area contributed by atoms with Crippen molar-refractivity contribution in [3.63, 3.8) is 0 Å². The molecule has 0 atom stereocenters. The van der Waals surface area contributed by atoms with E-state index in [0.29, 0.717) is 5.82 Å². The highest BCUT2D eigenvalue weighted by Gasteiger charge is 2.22. The van der Waals surface area contributed by atoms with Crippen LogP contribution in [0.5, 0.6) is 0 Å². The van der Waals surface area contributed by atoms with Gasteiger partial charge in [-0.15, -0.1) is 0 Å². The zero-order valence-electron chi connectivity index (χ0n) is 23.5. The Kier molecular flexibility index (Phi) is 5.40. The van der Waals surface area contributed by atoms with E-state index in [2.05, 4.69) is 105 Å². The lowest BCUT2D eigenvalue weighted by Crippen LogP contribution is -2.04. The van der Waals surface area contributed by atoms with Gasteiger partial charge in [0.15, 0.2) is 5.82 Å². The van der Waals surface area contributed by atoms with Crippen LogP contribution in [-0.4, -0.2) is 29.1 Å². The highest BCUT2D eigenvalue weighted by molar-refractivity contribution is 6.23. The summed E-state index contributed by atoms with van der Waals surface area (Å²) in [5, 5.41) is 4.62. The maximum absolute atomic E-state index is 5.25. The number of hydrogen-bond donors (Lipinski definition) is 0. The predicted octanol–water partition coefficient (Wildman–Crippen LogP) is 8.79. The average molecular weight is 565 g/mol. The first-order valence-electron chi connectivity index (χ1n) is 14.6. The molecule has 4 aromatic heterocycles. The fourth-order valence-corrected chi connectivity index (χ4v) is 6.41. The summed E-state index contributed by atoms with van der Waals surface area (Å²) in [4.78, 5) is 19.2. The average Bonchev–Trinajstić information content (AvgIpc) is 3.62. The number of hydrogen-bond acceptors (Lipinski definition) is 4. The van der Waals surface area contributed by atoms with Gasteiger partial charge in [-0.3, -0.25) is 9.13 Å². The quantitative estimate of drug-likeness (QED) is 0.214. The molecular formula is C38H24N6. The first-order chi connectivity index (χ1) is 21.8. The third-order valence-electron chi connectivity index (χ3n) is 8.31. The standard InChI is InChI=1S/C38H24N6/c1-3-11-25(12-4-1)31-23-35(42-38(41-31)26-13-5-2-6-14-26)44-33-18-10-8-16-28(33)30-20-19-29-27-15-7-9-17-32(27)43(36(29)37(30)44)34-21-22-39-24-40-34/h1-24H. The van der Waals surface area contributed by atoms with Crippen LogP contribution >= 0.6 is 0 Å². The minimum Gasteiger partial charge on any atom is -0.292 e. The van der Waals surface area contributed by atoms with E-state index in [-0.39, 0.29) is 0 Å². The zero-order chi connectivity index (χ0) is 29.0. The Labute approximate surface area is 252 Å². The minimum absolute atomic E-state index is 0.677. The van der Waals surface area contributed by atoms with Crippen molar-refractivity contribution in [1.29, 1.82) is 0 Å². The molecule has 0 aliphatic rings. The van der Waals surface area contributed by atoms with Crippen molar-refractivity contribution >= 4 is 43.6 Å². The molecule has 0 saturated heterocycles. The van der Waals surface area contributed by atoms with E-state index in [1.807, 2.05) is 42.5 Å². The van der Waals surface area contributed by atoms with Gasteiger partial charge >= 0.3 is 0 Å². The summed E-state index contributed by atoms with van der Waals surface area (Å²) in [5.74, 6) is 2.29. The first kappa shape index (κ1) is 24.5. The maximum atomic E-state index is 5.25. The monoisotopic (exact) mass is 564 g/mol. The summed E-state index contributed by atoms with van der Waals surface area (Å²) in [6, 6.07) is 46.1. The Hall–Kier alpha value is -6.14. The fourth-order valence-electron chi connectivity index (χ4n) is 6.41. The molecule has 0 N–H and O–H groups in total. The van der Waals surface area contributed by atoms with E-state index in [1.165, 1.54) is 0 Å². The van der Waals surface area contributed by atoms with E-state index in [9.17, 15) is 0 Å². The molecule has 5 aromatic carbocycles. The van der Waals surface area contributed by atoms with Crippen LogP contribution in [0, 0.1) is 0 Å². The van der Waals surface area contributed by atoms with Crippen LogP contribution in [0.1, 0.15) is 0 Å². The molecule has 206 valence electrons. The highest BCUT2D eigenvalue weighted by Crippen LogP contribution is 2.41. The van der Waals surface area contributed by atoms with Crippen LogP contribution in [0.3, 0.4) is 0 Å². The van der Waals surface area contributed by atoms with Gasteiger partial charge in [-0.1, -0.05) is 109 Å². The molecule has 0 aliphatic heterocycles. The zero-order valence-corrected chi connectivity index (χ0v) is 23.5. The molecule has 0 aliphatic carbocycles. The van der Waals surface area contributed by atoms with Gasteiger partial charge in [0, 0.05) is 44.9 Å². The maximum Gasteiger partial charge on any atom is 0.162 e. The van der Waals surface area contributed by atoms with Gasteiger partial charge in [0.1, 0.15) is 18.0 Å². The smallest absolute Gasteiger partial charge is 0.162 e. The van der Waals surface area contributed by atoms with Crippen molar-refractivity contribution in [2.75, 3.05) is 0 Å². The van der Waals surface area contributed by atoms with Gasteiger partial charge in [0.2, 0.25) is 0 Å². The SMILES string of the molecule is c1ccc(-c2cc(-n3c4ccccc4c4ccc5c6ccccc6n(-c6ccncn6)c5c43)nc(-c3ccccc3)n2)cc1. The van der Waals surface area contributed by atoms with Crippen LogP contribution in [0.4, 0.5) is 0 Å². The second-order valence-electron chi connectivity index (χ2n) is 10.8. The number of benzene rings is 5. The van der Waals surface area contributed by atoms with E-state index < -0.39 is 0 Å². The number of aromatic nitrogens is 6. The van der Waals surface area contributed by atoms with Gasteiger partial charge in [0.25, 0.3) is 0 Å². The molecule has 0 fully saturated rings. The van der Waals surface area contributed by atoms with Crippen molar-refractivity contribution in [2.45, 2.75) is 0 Å². The van der Waals surface area contributed by atoms with Crippen molar-refractivity contribution in [1.82, 2.24) is 29.1 Å². The largest absolute Gasteiger partial charge is 0.292 e. The summed E-state index contributed by atoms with van der Waals surface area (Å²) in [5.41, 5.74) is 7.16. The van der Waals surface area contributed by atoms with Gasteiger partial charge in [0.05, 0.1) is 27.8 Å². The third-order valence-corrected chi connectivity index (χ3v) is 8.31.